The highest BCUT2D eigenvalue weighted by Crippen LogP contribution is 2.33. The van der Waals surface area contributed by atoms with E-state index in [1.165, 1.54) is 5.56 Å². The Morgan fingerprint density at radius 2 is 1.70 bits per heavy atom. The molecule has 20 heavy (non-hydrogen) atoms. The molecule has 2 heterocycles. The maximum absolute atomic E-state index is 5.85. The maximum Gasteiger partial charge on any atom is 0.164 e. The molecule has 0 N–H and O–H groups in total. The molecule has 1 aromatic heterocycles. The highest BCUT2D eigenvalue weighted by atomic mass is 16.7. The lowest BCUT2D eigenvalue weighted by molar-refractivity contribution is -0.0570. The summed E-state index contributed by atoms with van der Waals surface area (Å²) in [6.45, 7) is 3.51. The molecule has 102 valence electrons. The van der Waals surface area contributed by atoms with Crippen LogP contribution in [0.1, 0.15) is 18.4 Å². The van der Waals surface area contributed by atoms with E-state index in [0.29, 0.717) is 13.2 Å². The van der Waals surface area contributed by atoms with Crippen LogP contribution in [0.2, 0.25) is 0 Å². The first-order chi connectivity index (χ1) is 9.83. The van der Waals surface area contributed by atoms with Gasteiger partial charge in [-0.25, -0.2) is 0 Å². The van der Waals surface area contributed by atoms with Gasteiger partial charge in [0, 0.05) is 16.7 Å². The number of hydrogen-bond donors (Lipinski definition) is 0. The molecule has 0 saturated carbocycles. The van der Waals surface area contributed by atoms with Gasteiger partial charge in [-0.2, -0.15) is 0 Å². The van der Waals surface area contributed by atoms with Crippen molar-refractivity contribution in [2.75, 3.05) is 13.2 Å². The van der Waals surface area contributed by atoms with Gasteiger partial charge in [-0.05, 0) is 23.8 Å². The summed E-state index contributed by atoms with van der Waals surface area (Å²) in [5.74, 6) is 0.218. The summed E-state index contributed by atoms with van der Waals surface area (Å²) in [6, 6.07) is 14.5. The number of fused-ring (bicyclic) bond motifs is 3. The second-order valence-corrected chi connectivity index (χ2v) is 5.25. The number of furan rings is 1. The van der Waals surface area contributed by atoms with Crippen LogP contribution in [-0.2, 0) is 9.47 Å². The third-order valence-corrected chi connectivity index (χ3v) is 3.98. The highest BCUT2D eigenvalue weighted by molar-refractivity contribution is 6.05. The molecule has 1 aliphatic rings. The van der Waals surface area contributed by atoms with Crippen molar-refractivity contribution in [2.24, 2.45) is 0 Å². The molecule has 1 fully saturated rings. The largest absolute Gasteiger partial charge is 0.456 e. The van der Waals surface area contributed by atoms with Crippen molar-refractivity contribution in [3.05, 3.63) is 48.0 Å². The zero-order chi connectivity index (χ0) is 13.5. The van der Waals surface area contributed by atoms with Gasteiger partial charge in [-0.3, -0.25) is 0 Å². The van der Waals surface area contributed by atoms with Gasteiger partial charge in [-0.15, -0.1) is 0 Å². The number of benzene rings is 2. The van der Waals surface area contributed by atoms with E-state index in [-0.39, 0.29) is 12.2 Å². The topological polar surface area (TPSA) is 31.6 Å². The van der Waals surface area contributed by atoms with Crippen LogP contribution in [0.3, 0.4) is 0 Å². The number of para-hydroxylation sites is 1. The molecule has 0 bridgehead atoms. The van der Waals surface area contributed by atoms with Crippen molar-refractivity contribution in [1.29, 1.82) is 0 Å². The Bertz CT molecular complexity index is 753. The summed E-state index contributed by atoms with van der Waals surface area (Å²) in [6.07, 6.45) is -0.134. The van der Waals surface area contributed by atoms with Crippen LogP contribution >= 0.6 is 0 Å². The first-order valence-corrected chi connectivity index (χ1v) is 6.97. The molecule has 1 saturated heterocycles. The number of ether oxygens (including phenoxy) is 2. The Kier molecular flexibility index (Phi) is 2.76. The molecule has 0 amide bonds. The summed E-state index contributed by atoms with van der Waals surface area (Å²) < 4.78 is 17.1. The van der Waals surface area contributed by atoms with Gasteiger partial charge >= 0.3 is 0 Å². The van der Waals surface area contributed by atoms with Crippen molar-refractivity contribution in [2.45, 2.75) is 19.1 Å². The first-order valence-electron chi connectivity index (χ1n) is 6.97. The SMILES string of the molecule is CC(c1ccc2oc3ccccc3c2c1)C1OCCO1. The quantitative estimate of drug-likeness (QED) is 0.702. The summed E-state index contributed by atoms with van der Waals surface area (Å²) in [5.41, 5.74) is 3.08. The molecule has 0 radical (unpaired) electrons. The zero-order valence-corrected chi connectivity index (χ0v) is 11.3. The van der Waals surface area contributed by atoms with Gasteiger partial charge in [0.2, 0.25) is 0 Å². The average Bonchev–Trinajstić information content (AvgIpc) is 3.13. The molecular weight excluding hydrogens is 252 g/mol. The normalized spacial score (nSPS) is 18.1. The zero-order valence-electron chi connectivity index (χ0n) is 11.3. The monoisotopic (exact) mass is 268 g/mol. The Morgan fingerprint density at radius 1 is 0.950 bits per heavy atom. The van der Waals surface area contributed by atoms with E-state index in [2.05, 4.69) is 25.1 Å². The third-order valence-electron chi connectivity index (χ3n) is 3.98. The summed E-state index contributed by atoms with van der Waals surface area (Å²) in [4.78, 5) is 0. The number of hydrogen-bond acceptors (Lipinski definition) is 3. The highest BCUT2D eigenvalue weighted by Gasteiger charge is 2.25. The molecule has 1 aliphatic heterocycles. The Morgan fingerprint density at radius 3 is 2.55 bits per heavy atom. The van der Waals surface area contributed by atoms with Crippen LogP contribution in [0.5, 0.6) is 0 Å². The molecule has 2 aromatic carbocycles. The van der Waals surface area contributed by atoms with Crippen LogP contribution in [0.15, 0.2) is 46.9 Å². The lowest BCUT2D eigenvalue weighted by atomic mass is 9.98. The molecule has 0 spiro atoms. The second-order valence-electron chi connectivity index (χ2n) is 5.25. The van der Waals surface area contributed by atoms with Crippen LogP contribution < -0.4 is 0 Å². The van der Waals surface area contributed by atoms with Gasteiger partial charge in [0.15, 0.2) is 6.29 Å². The van der Waals surface area contributed by atoms with E-state index in [9.17, 15) is 0 Å². The molecular formula is C17H16O3. The fourth-order valence-electron chi connectivity index (χ4n) is 2.85. The van der Waals surface area contributed by atoms with E-state index in [1.807, 2.05) is 24.3 Å². The van der Waals surface area contributed by atoms with Crippen molar-refractivity contribution in [1.82, 2.24) is 0 Å². The molecule has 0 aliphatic carbocycles. The smallest absolute Gasteiger partial charge is 0.164 e. The summed E-state index contributed by atoms with van der Waals surface area (Å²) in [5, 5.41) is 2.31. The Balaban J connectivity index is 1.82. The lowest BCUT2D eigenvalue weighted by Crippen LogP contribution is -2.16. The van der Waals surface area contributed by atoms with Gasteiger partial charge < -0.3 is 13.9 Å². The fourth-order valence-corrected chi connectivity index (χ4v) is 2.85. The van der Waals surface area contributed by atoms with Crippen molar-refractivity contribution in [3.63, 3.8) is 0 Å². The van der Waals surface area contributed by atoms with E-state index < -0.39 is 0 Å². The first kappa shape index (κ1) is 11.9. The lowest BCUT2D eigenvalue weighted by Gasteiger charge is -2.18. The van der Waals surface area contributed by atoms with Crippen LogP contribution in [0, 0.1) is 0 Å². The summed E-state index contributed by atoms with van der Waals surface area (Å²) >= 11 is 0. The van der Waals surface area contributed by atoms with Gasteiger partial charge in [0.05, 0.1) is 13.2 Å². The molecule has 1 atom stereocenters. The maximum atomic E-state index is 5.85. The van der Waals surface area contributed by atoms with Crippen molar-refractivity contribution >= 4 is 21.9 Å². The standard InChI is InChI=1S/C17H16O3/c1-11(17-18-8-9-19-17)12-6-7-16-14(10-12)13-4-2-3-5-15(13)20-16/h2-7,10-11,17H,8-9H2,1H3. The molecule has 4 rings (SSSR count). The Hall–Kier alpha value is -1.84. The summed E-state index contributed by atoms with van der Waals surface area (Å²) in [7, 11) is 0. The number of rotatable bonds is 2. The molecule has 3 aromatic rings. The predicted octanol–water partition coefficient (Wildman–Crippen LogP) is 4.06. The van der Waals surface area contributed by atoms with Gasteiger partial charge in [-0.1, -0.05) is 31.2 Å². The van der Waals surface area contributed by atoms with Gasteiger partial charge in [0.1, 0.15) is 11.2 Å². The minimum absolute atomic E-state index is 0.134. The van der Waals surface area contributed by atoms with E-state index in [1.54, 1.807) is 0 Å². The molecule has 3 nitrogen and oxygen atoms in total. The Labute approximate surface area is 117 Å². The van der Waals surface area contributed by atoms with Gasteiger partial charge in [0.25, 0.3) is 0 Å². The van der Waals surface area contributed by atoms with E-state index >= 15 is 0 Å². The van der Waals surface area contributed by atoms with Crippen molar-refractivity contribution in [3.8, 4) is 0 Å². The fraction of sp³-hybridized carbons (Fsp3) is 0.294. The molecule has 3 heteroatoms. The van der Waals surface area contributed by atoms with E-state index in [4.69, 9.17) is 13.9 Å². The van der Waals surface area contributed by atoms with Crippen molar-refractivity contribution < 1.29 is 13.9 Å². The van der Waals surface area contributed by atoms with Crippen LogP contribution in [0.25, 0.3) is 21.9 Å². The van der Waals surface area contributed by atoms with Crippen LogP contribution in [-0.4, -0.2) is 19.5 Å². The predicted molar refractivity (Wildman–Crippen MR) is 77.8 cm³/mol. The van der Waals surface area contributed by atoms with E-state index in [0.717, 1.165) is 21.9 Å². The minimum Gasteiger partial charge on any atom is -0.456 e. The third kappa shape index (κ3) is 1.82. The van der Waals surface area contributed by atoms with Crippen LogP contribution in [0.4, 0.5) is 0 Å². The second kappa shape index (κ2) is 4.62. The minimum atomic E-state index is -0.134. The molecule has 1 unspecified atom stereocenters. The average molecular weight is 268 g/mol.